The number of benzene rings is 2. The first-order chi connectivity index (χ1) is 12.7. The van der Waals surface area contributed by atoms with Crippen LogP contribution in [0.15, 0.2) is 58.7 Å². The van der Waals surface area contributed by atoms with Crippen molar-refractivity contribution in [2.75, 3.05) is 5.32 Å². The molecule has 4 aromatic rings. The molecule has 0 atom stereocenters. The molecule has 0 saturated carbocycles. The summed E-state index contributed by atoms with van der Waals surface area (Å²) in [6.45, 7) is -0.214. The highest BCUT2D eigenvalue weighted by atomic mass is 32.1. The van der Waals surface area contributed by atoms with Crippen LogP contribution in [0.3, 0.4) is 0 Å². The van der Waals surface area contributed by atoms with Crippen LogP contribution < -0.4 is 10.9 Å². The Morgan fingerprint density at radius 2 is 1.88 bits per heavy atom. The molecule has 0 fully saturated rings. The summed E-state index contributed by atoms with van der Waals surface area (Å²) in [5.74, 6) is -0.361. The Morgan fingerprint density at radius 1 is 1.08 bits per heavy atom. The second kappa shape index (κ2) is 6.81. The maximum absolute atomic E-state index is 12.4. The van der Waals surface area contributed by atoms with Crippen LogP contribution in [0, 0.1) is 0 Å². The van der Waals surface area contributed by atoms with Gasteiger partial charge >= 0.3 is 0 Å². The largest absolute Gasteiger partial charge is 0.324 e. The van der Waals surface area contributed by atoms with Gasteiger partial charge in [0.15, 0.2) is 0 Å². The number of aromatic nitrogens is 5. The second-order valence-corrected chi connectivity index (χ2v) is 6.09. The van der Waals surface area contributed by atoms with E-state index in [0.29, 0.717) is 16.6 Å². The number of carbonyl (C=O) groups excluding carboxylic acids is 1. The number of nitrogens with zero attached hydrogens (tertiary/aromatic N) is 5. The smallest absolute Gasteiger partial charge is 0.278 e. The molecule has 0 radical (unpaired) electrons. The van der Waals surface area contributed by atoms with Crippen molar-refractivity contribution >= 4 is 34.0 Å². The van der Waals surface area contributed by atoms with Gasteiger partial charge in [-0.05, 0) is 35.8 Å². The number of rotatable bonds is 4. The van der Waals surface area contributed by atoms with Gasteiger partial charge in [0, 0.05) is 16.6 Å². The lowest BCUT2D eigenvalue weighted by atomic mass is 10.1. The van der Waals surface area contributed by atoms with Gasteiger partial charge in [0.25, 0.3) is 5.56 Å². The van der Waals surface area contributed by atoms with E-state index in [1.807, 2.05) is 17.5 Å². The van der Waals surface area contributed by atoms with Gasteiger partial charge in [-0.1, -0.05) is 34.0 Å². The molecular weight excluding hydrogens is 352 g/mol. The van der Waals surface area contributed by atoms with Crippen molar-refractivity contribution in [1.82, 2.24) is 24.6 Å². The fourth-order valence-electron chi connectivity index (χ4n) is 2.48. The van der Waals surface area contributed by atoms with Crippen molar-refractivity contribution in [3.63, 3.8) is 0 Å². The zero-order valence-corrected chi connectivity index (χ0v) is 14.2. The SMILES string of the molecule is O=C(Cn1nnc2ccccc2c1=O)Nc1ccc(-c2csnn2)cc1. The predicted octanol–water partition coefficient (Wildman–Crippen LogP) is 1.95. The van der Waals surface area contributed by atoms with E-state index in [1.54, 1.807) is 36.4 Å². The van der Waals surface area contributed by atoms with E-state index in [1.165, 1.54) is 11.5 Å². The molecule has 0 bridgehead atoms. The average molecular weight is 364 g/mol. The number of anilines is 1. The van der Waals surface area contributed by atoms with Crippen molar-refractivity contribution < 1.29 is 4.79 Å². The molecule has 0 saturated heterocycles. The molecule has 26 heavy (non-hydrogen) atoms. The maximum atomic E-state index is 12.4. The summed E-state index contributed by atoms with van der Waals surface area (Å²) >= 11 is 1.28. The zero-order chi connectivity index (χ0) is 17.9. The summed E-state index contributed by atoms with van der Waals surface area (Å²) < 4.78 is 4.87. The van der Waals surface area contributed by atoms with E-state index in [4.69, 9.17) is 0 Å². The van der Waals surface area contributed by atoms with E-state index in [2.05, 4.69) is 25.2 Å². The van der Waals surface area contributed by atoms with Gasteiger partial charge in [-0.2, -0.15) is 0 Å². The standard InChI is InChI=1S/C17H12N6O2S/c24-16(9-23-17(25)13-3-1-2-4-14(13)19-21-23)18-12-7-5-11(6-8-12)15-10-26-22-20-15/h1-8,10H,9H2,(H,18,24). The van der Waals surface area contributed by atoms with Crippen molar-refractivity contribution in [3.8, 4) is 11.3 Å². The quantitative estimate of drug-likeness (QED) is 0.594. The van der Waals surface area contributed by atoms with Crippen LogP contribution in [-0.4, -0.2) is 30.5 Å². The first-order valence-electron chi connectivity index (χ1n) is 7.70. The topological polar surface area (TPSA) is 103 Å². The first-order valence-corrected chi connectivity index (χ1v) is 8.54. The van der Waals surface area contributed by atoms with Crippen LogP contribution in [0.2, 0.25) is 0 Å². The molecule has 1 N–H and O–H groups in total. The number of hydrogen-bond acceptors (Lipinski definition) is 7. The molecule has 128 valence electrons. The van der Waals surface area contributed by atoms with Crippen LogP contribution in [0.25, 0.3) is 22.2 Å². The number of fused-ring (bicyclic) bond motifs is 1. The molecule has 0 unspecified atom stereocenters. The van der Waals surface area contributed by atoms with Crippen LogP contribution in [0.1, 0.15) is 0 Å². The van der Waals surface area contributed by atoms with Crippen LogP contribution >= 0.6 is 11.5 Å². The molecule has 2 aromatic carbocycles. The lowest BCUT2D eigenvalue weighted by Gasteiger charge is -2.07. The molecule has 4 rings (SSSR count). The minimum absolute atomic E-state index is 0.214. The normalized spacial score (nSPS) is 10.8. The Kier molecular flexibility index (Phi) is 4.20. The molecule has 2 heterocycles. The van der Waals surface area contributed by atoms with E-state index >= 15 is 0 Å². The van der Waals surface area contributed by atoms with E-state index < -0.39 is 0 Å². The minimum Gasteiger partial charge on any atom is -0.324 e. The number of nitrogens with one attached hydrogen (secondary N) is 1. The Labute approximate surface area is 151 Å². The Morgan fingerprint density at radius 3 is 2.65 bits per heavy atom. The molecule has 9 heteroatoms. The predicted molar refractivity (Wildman–Crippen MR) is 97.8 cm³/mol. The van der Waals surface area contributed by atoms with Gasteiger partial charge in [-0.15, -0.1) is 10.2 Å². The highest BCUT2D eigenvalue weighted by Gasteiger charge is 2.10. The van der Waals surface area contributed by atoms with Crippen molar-refractivity contribution in [2.45, 2.75) is 6.54 Å². The second-order valence-electron chi connectivity index (χ2n) is 5.49. The molecule has 2 aromatic heterocycles. The maximum Gasteiger partial charge on any atom is 0.278 e. The highest BCUT2D eigenvalue weighted by molar-refractivity contribution is 7.03. The van der Waals surface area contributed by atoms with Crippen molar-refractivity contribution in [3.05, 3.63) is 64.3 Å². The first kappa shape index (κ1) is 16.0. The number of amides is 1. The third-order valence-corrected chi connectivity index (χ3v) is 4.25. The van der Waals surface area contributed by atoms with Gasteiger partial charge < -0.3 is 5.32 Å². The van der Waals surface area contributed by atoms with Gasteiger partial charge in [0.1, 0.15) is 17.8 Å². The molecule has 8 nitrogen and oxygen atoms in total. The number of carbonyl (C=O) groups is 1. The monoisotopic (exact) mass is 364 g/mol. The summed E-state index contributed by atoms with van der Waals surface area (Å²) in [6, 6.07) is 14.1. The van der Waals surface area contributed by atoms with Gasteiger partial charge in [-0.25, -0.2) is 4.68 Å². The van der Waals surface area contributed by atoms with Crippen molar-refractivity contribution in [2.24, 2.45) is 0 Å². The summed E-state index contributed by atoms with van der Waals surface area (Å²) in [6.07, 6.45) is 0. The van der Waals surface area contributed by atoms with Crippen LogP contribution in [0.4, 0.5) is 5.69 Å². The summed E-state index contributed by atoms with van der Waals surface area (Å²) in [7, 11) is 0. The minimum atomic E-state index is -0.361. The van der Waals surface area contributed by atoms with Crippen LogP contribution in [-0.2, 0) is 11.3 Å². The van der Waals surface area contributed by atoms with E-state index in [0.717, 1.165) is 15.9 Å². The average Bonchev–Trinajstić information content (AvgIpc) is 3.20. The van der Waals surface area contributed by atoms with E-state index in [9.17, 15) is 9.59 Å². The zero-order valence-electron chi connectivity index (χ0n) is 13.4. The fourth-order valence-corrected chi connectivity index (χ4v) is 2.94. The highest BCUT2D eigenvalue weighted by Crippen LogP contribution is 2.20. The fraction of sp³-hybridized carbons (Fsp3) is 0.0588. The third kappa shape index (κ3) is 3.20. The molecule has 0 aliphatic heterocycles. The third-order valence-electron chi connectivity index (χ3n) is 3.75. The Balaban J connectivity index is 1.49. The molecular formula is C17H12N6O2S. The molecule has 0 aliphatic carbocycles. The summed E-state index contributed by atoms with van der Waals surface area (Å²) in [5, 5.41) is 16.8. The van der Waals surface area contributed by atoms with Gasteiger partial charge in [0.05, 0.1) is 5.39 Å². The number of hydrogen-bond donors (Lipinski definition) is 1. The lowest BCUT2D eigenvalue weighted by Crippen LogP contribution is -2.30. The Bertz CT molecular complexity index is 1120. The molecule has 1 amide bonds. The van der Waals surface area contributed by atoms with E-state index in [-0.39, 0.29) is 18.0 Å². The lowest BCUT2D eigenvalue weighted by molar-refractivity contribution is -0.117. The summed E-state index contributed by atoms with van der Waals surface area (Å²) in [5.41, 5.74) is 2.46. The summed E-state index contributed by atoms with van der Waals surface area (Å²) in [4.78, 5) is 24.6. The molecule has 0 spiro atoms. The van der Waals surface area contributed by atoms with Gasteiger partial charge in [-0.3, -0.25) is 9.59 Å². The van der Waals surface area contributed by atoms with Gasteiger partial charge in [0.2, 0.25) is 5.91 Å². The van der Waals surface area contributed by atoms with Crippen molar-refractivity contribution in [1.29, 1.82) is 0 Å². The molecule has 0 aliphatic rings. The van der Waals surface area contributed by atoms with Crippen LogP contribution in [0.5, 0.6) is 0 Å². The Hall–Kier alpha value is -3.46.